The molecule has 1 unspecified atom stereocenters. The van der Waals surface area contributed by atoms with Gasteiger partial charge in [0.1, 0.15) is 12.1 Å². The van der Waals surface area contributed by atoms with Crippen molar-refractivity contribution in [3.63, 3.8) is 0 Å². The Morgan fingerprint density at radius 3 is 2.52 bits per heavy atom. The van der Waals surface area contributed by atoms with Crippen molar-refractivity contribution >= 4 is 11.8 Å². The van der Waals surface area contributed by atoms with E-state index in [0.29, 0.717) is 19.4 Å². The number of carbonyl (C=O) groups excluding carboxylic acids is 2. The van der Waals surface area contributed by atoms with Gasteiger partial charge in [-0.05, 0) is 24.8 Å². The van der Waals surface area contributed by atoms with Crippen molar-refractivity contribution in [1.82, 2.24) is 10.6 Å². The molecule has 0 radical (unpaired) electrons. The number of aliphatic hydroxyl groups excluding tert-OH is 1. The molecule has 6 heteroatoms. The second kappa shape index (κ2) is 7.81. The first-order valence-electron chi connectivity index (χ1n) is 8.50. The van der Waals surface area contributed by atoms with Crippen molar-refractivity contribution in [1.29, 1.82) is 0 Å². The first-order valence-corrected chi connectivity index (χ1v) is 8.50. The lowest BCUT2D eigenvalue weighted by molar-refractivity contribution is -0.137. The molecule has 2 aliphatic rings. The lowest BCUT2D eigenvalue weighted by atomic mass is 9.80. The molecule has 0 aromatic rings. The molecule has 2 amide bonds. The summed E-state index contributed by atoms with van der Waals surface area (Å²) >= 11 is 0. The quantitative estimate of drug-likeness (QED) is 0.683. The van der Waals surface area contributed by atoms with Gasteiger partial charge in [0.05, 0.1) is 24.8 Å². The Morgan fingerprint density at radius 1 is 1.30 bits per heavy atom. The molecule has 1 saturated carbocycles. The van der Waals surface area contributed by atoms with Crippen LogP contribution in [0.4, 0.5) is 0 Å². The Bertz CT molecular complexity index is 456. The van der Waals surface area contributed by atoms with E-state index < -0.39 is 5.54 Å². The molecule has 2 rings (SSSR count). The smallest absolute Gasteiger partial charge is 0.246 e. The summed E-state index contributed by atoms with van der Waals surface area (Å²) in [6.07, 6.45) is 7.42. The molecular formula is C17H28N2O4. The van der Waals surface area contributed by atoms with E-state index in [1.807, 2.05) is 13.8 Å². The standard InChI is InChI=1S/C17H28N2O4/c1-12(2)14(10-20)18-16(22)17(7-4-3-5-8-17)19-15(21)13-6-9-23-11-13/h6,9,12-14,20H,3-5,7-8,10-11H2,1-2H3,(H,18,22)(H,19,21)/t13?,14-/m1/s1. The molecule has 3 N–H and O–H groups in total. The van der Waals surface area contributed by atoms with Gasteiger partial charge >= 0.3 is 0 Å². The highest BCUT2D eigenvalue weighted by Crippen LogP contribution is 2.29. The molecule has 0 spiro atoms. The summed E-state index contributed by atoms with van der Waals surface area (Å²) < 4.78 is 5.10. The Labute approximate surface area is 137 Å². The van der Waals surface area contributed by atoms with E-state index in [1.165, 1.54) is 6.26 Å². The summed E-state index contributed by atoms with van der Waals surface area (Å²) in [5, 5.41) is 15.4. The molecule has 1 fully saturated rings. The second-order valence-corrected chi connectivity index (χ2v) is 6.91. The van der Waals surface area contributed by atoms with Crippen molar-refractivity contribution in [3.05, 3.63) is 12.3 Å². The zero-order chi connectivity index (χ0) is 16.9. The van der Waals surface area contributed by atoms with Crippen LogP contribution in [0.1, 0.15) is 46.0 Å². The van der Waals surface area contributed by atoms with Crippen LogP contribution < -0.4 is 10.6 Å². The van der Waals surface area contributed by atoms with Gasteiger partial charge in [0, 0.05) is 0 Å². The zero-order valence-corrected chi connectivity index (χ0v) is 14.0. The third-order valence-electron chi connectivity index (χ3n) is 4.84. The molecular weight excluding hydrogens is 296 g/mol. The van der Waals surface area contributed by atoms with E-state index in [-0.39, 0.29) is 36.3 Å². The maximum atomic E-state index is 12.9. The fraction of sp³-hybridized carbons (Fsp3) is 0.765. The SMILES string of the molecule is CC(C)[C@@H](CO)NC(=O)C1(NC(=O)C2C=COC2)CCCCC1. The van der Waals surface area contributed by atoms with Crippen molar-refractivity contribution in [2.24, 2.45) is 11.8 Å². The van der Waals surface area contributed by atoms with Gasteiger partial charge in [0.15, 0.2) is 0 Å². The van der Waals surface area contributed by atoms with E-state index in [1.54, 1.807) is 6.08 Å². The number of hydrogen-bond donors (Lipinski definition) is 3. The maximum Gasteiger partial charge on any atom is 0.246 e. The molecule has 0 saturated heterocycles. The van der Waals surface area contributed by atoms with E-state index >= 15 is 0 Å². The topological polar surface area (TPSA) is 87.7 Å². The van der Waals surface area contributed by atoms with E-state index in [0.717, 1.165) is 19.3 Å². The van der Waals surface area contributed by atoms with Gasteiger partial charge in [-0.2, -0.15) is 0 Å². The molecule has 6 nitrogen and oxygen atoms in total. The van der Waals surface area contributed by atoms with E-state index in [2.05, 4.69) is 10.6 Å². The average Bonchev–Trinajstić information content (AvgIpc) is 3.07. The van der Waals surface area contributed by atoms with Crippen LogP contribution in [0.5, 0.6) is 0 Å². The van der Waals surface area contributed by atoms with Gasteiger partial charge < -0.3 is 20.5 Å². The van der Waals surface area contributed by atoms with Crippen LogP contribution in [0.15, 0.2) is 12.3 Å². The van der Waals surface area contributed by atoms with Crippen LogP contribution in [-0.2, 0) is 14.3 Å². The van der Waals surface area contributed by atoms with Gasteiger partial charge in [0.2, 0.25) is 11.8 Å². The predicted molar refractivity (Wildman–Crippen MR) is 86.4 cm³/mol. The zero-order valence-electron chi connectivity index (χ0n) is 14.0. The van der Waals surface area contributed by atoms with Crippen LogP contribution in [0, 0.1) is 11.8 Å². The fourth-order valence-corrected chi connectivity index (χ4v) is 3.15. The monoisotopic (exact) mass is 324 g/mol. The summed E-state index contributed by atoms with van der Waals surface area (Å²) in [6, 6.07) is -0.298. The molecule has 0 bridgehead atoms. The molecule has 1 aliphatic heterocycles. The lowest BCUT2D eigenvalue weighted by Gasteiger charge is -2.38. The molecule has 23 heavy (non-hydrogen) atoms. The minimum Gasteiger partial charge on any atom is -0.500 e. The molecule has 0 aromatic heterocycles. The van der Waals surface area contributed by atoms with E-state index in [9.17, 15) is 14.7 Å². The molecule has 2 atom stereocenters. The number of carbonyl (C=O) groups is 2. The molecule has 130 valence electrons. The molecule has 0 aromatic carbocycles. The van der Waals surface area contributed by atoms with Gasteiger partial charge in [-0.25, -0.2) is 0 Å². The highest BCUT2D eigenvalue weighted by molar-refractivity contribution is 5.93. The van der Waals surface area contributed by atoms with Crippen LogP contribution in [0.25, 0.3) is 0 Å². The normalized spacial score (nSPS) is 24.1. The number of hydrogen-bond acceptors (Lipinski definition) is 4. The first kappa shape index (κ1) is 17.8. The average molecular weight is 324 g/mol. The van der Waals surface area contributed by atoms with Gasteiger partial charge in [0.25, 0.3) is 0 Å². The Balaban J connectivity index is 2.09. The summed E-state index contributed by atoms with van der Waals surface area (Å²) in [5.41, 5.74) is -0.867. The predicted octanol–water partition coefficient (Wildman–Crippen LogP) is 1.10. The number of aliphatic hydroxyl groups is 1. The van der Waals surface area contributed by atoms with Gasteiger partial charge in [-0.3, -0.25) is 9.59 Å². The van der Waals surface area contributed by atoms with Gasteiger partial charge in [-0.1, -0.05) is 33.1 Å². The van der Waals surface area contributed by atoms with Crippen LogP contribution in [0.3, 0.4) is 0 Å². The molecule has 1 heterocycles. The Hall–Kier alpha value is -1.56. The van der Waals surface area contributed by atoms with Crippen LogP contribution in [-0.4, -0.2) is 41.7 Å². The number of rotatable bonds is 6. The summed E-state index contributed by atoms with van der Waals surface area (Å²) in [4.78, 5) is 25.3. The first-order chi connectivity index (χ1) is 11.0. The Morgan fingerprint density at radius 2 is 2.00 bits per heavy atom. The van der Waals surface area contributed by atoms with Crippen molar-refractivity contribution in [2.45, 2.75) is 57.5 Å². The summed E-state index contributed by atoms with van der Waals surface area (Å²) in [6.45, 7) is 4.13. The highest BCUT2D eigenvalue weighted by atomic mass is 16.5. The molecule has 1 aliphatic carbocycles. The van der Waals surface area contributed by atoms with Crippen LogP contribution in [0.2, 0.25) is 0 Å². The number of amides is 2. The number of nitrogens with one attached hydrogen (secondary N) is 2. The van der Waals surface area contributed by atoms with Crippen molar-refractivity contribution in [3.8, 4) is 0 Å². The van der Waals surface area contributed by atoms with Crippen molar-refractivity contribution < 1.29 is 19.4 Å². The van der Waals surface area contributed by atoms with Gasteiger partial charge in [-0.15, -0.1) is 0 Å². The minimum atomic E-state index is -0.867. The van der Waals surface area contributed by atoms with Crippen LogP contribution >= 0.6 is 0 Å². The third-order valence-corrected chi connectivity index (χ3v) is 4.84. The highest BCUT2D eigenvalue weighted by Gasteiger charge is 2.42. The largest absolute Gasteiger partial charge is 0.500 e. The fourth-order valence-electron chi connectivity index (χ4n) is 3.15. The third kappa shape index (κ3) is 4.25. The lowest BCUT2D eigenvalue weighted by Crippen LogP contribution is -2.62. The number of ether oxygens (including phenoxy) is 1. The summed E-state index contributed by atoms with van der Waals surface area (Å²) in [7, 11) is 0. The van der Waals surface area contributed by atoms with Crippen molar-refractivity contribution in [2.75, 3.05) is 13.2 Å². The summed E-state index contributed by atoms with van der Waals surface area (Å²) in [5.74, 6) is -0.547. The maximum absolute atomic E-state index is 12.9. The minimum absolute atomic E-state index is 0.105. The second-order valence-electron chi connectivity index (χ2n) is 6.91. The van der Waals surface area contributed by atoms with E-state index in [4.69, 9.17) is 4.74 Å². The Kier molecular flexibility index (Phi) is 6.04.